The van der Waals surface area contributed by atoms with Crippen molar-refractivity contribution < 1.29 is 28.4 Å². The van der Waals surface area contributed by atoms with Crippen LogP contribution < -0.4 is 14.8 Å². The van der Waals surface area contributed by atoms with Gasteiger partial charge in [0.25, 0.3) is 11.6 Å². The summed E-state index contributed by atoms with van der Waals surface area (Å²) >= 11 is 0. The van der Waals surface area contributed by atoms with E-state index in [-0.39, 0.29) is 42.8 Å². The van der Waals surface area contributed by atoms with Crippen molar-refractivity contribution in [3.05, 3.63) is 177 Å². The summed E-state index contributed by atoms with van der Waals surface area (Å²) in [5.74, 6) is -0.222. The zero-order chi connectivity index (χ0) is 34.6. The summed E-state index contributed by atoms with van der Waals surface area (Å²) in [7, 11) is 0. The van der Waals surface area contributed by atoms with Gasteiger partial charge in [0.15, 0.2) is 5.75 Å². The van der Waals surface area contributed by atoms with Crippen LogP contribution in [0.2, 0.25) is 0 Å². The second-order valence-corrected chi connectivity index (χ2v) is 11.7. The van der Waals surface area contributed by atoms with Gasteiger partial charge in [0.2, 0.25) is 0 Å². The third-order valence-corrected chi connectivity index (χ3v) is 8.49. The standard InChI is InChI=1S/C39H29FN4O6/c40-28-15-13-25(14-16-28)23-43-24-33-32(22-42-39(46)49-30-19-17-29(18-20-30)44(47)48)31-12-7-21-41-35(31)37(34(33)38(43)45)50-36(26-8-3-1-4-9-26)27-10-5-2-6-11-27/h1-21,36H,22-24H2,(H,42,46). The minimum Gasteiger partial charge on any atom is -0.478 e. The molecule has 248 valence electrons. The Bertz CT molecular complexity index is 2160. The number of nitro benzene ring substituents is 1. The quantitative estimate of drug-likeness (QED) is 0.116. The molecular formula is C39H29FN4O6. The smallest absolute Gasteiger partial charge is 0.412 e. The zero-order valence-electron chi connectivity index (χ0n) is 26.5. The molecule has 5 aromatic carbocycles. The second kappa shape index (κ2) is 13.9. The number of amides is 2. The van der Waals surface area contributed by atoms with E-state index in [9.17, 15) is 24.1 Å². The number of halogens is 1. The summed E-state index contributed by atoms with van der Waals surface area (Å²) in [4.78, 5) is 44.1. The monoisotopic (exact) mass is 668 g/mol. The number of pyridine rings is 1. The number of non-ortho nitro benzene ring substituents is 1. The molecule has 0 unspecified atom stereocenters. The molecule has 1 aliphatic rings. The highest BCUT2D eigenvalue weighted by atomic mass is 19.1. The van der Waals surface area contributed by atoms with Crippen LogP contribution >= 0.6 is 0 Å². The topological polar surface area (TPSA) is 124 Å². The Hall–Kier alpha value is -6.62. The van der Waals surface area contributed by atoms with Crippen LogP contribution in [0.5, 0.6) is 11.5 Å². The van der Waals surface area contributed by atoms with Gasteiger partial charge in [-0.25, -0.2) is 9.18 Å². The van der Waals surface area contributed by atoms with Gasteiger partial charge in [0.05, 0.1) is 10.5 Å². The summed E-state index contributed by atoms with van der Waals surface area (Å²) in [5, 5.41) is 14.5. The third kappa shape index (κ3) is 6.56. The first-order chi connectivity index (χ1) is 24.4. The average Bonchev–Trinajstić information content (AvgIpc) is 3.46. The lowest BCUT2D eigenvalue weighted by molar-refractivity contribution is -0.384. The lowest BCUT2D eigenvalue weighted by atomic mass is 9.95. The van der Waals surface area contributed by atoms with E-state index in [1.54, 1.807) is 29.3 Å². The number of benzene rings is 5. The molecule has 0 saturated heterocycles. The largest absolute Gasteiger partial charge is 0.478 e. The minimum atomic E-state index is -0.786. The van der Waals surface area contributed by atoms with E-state index in [1.165, 1.54) is 36.4 Å². The van der Waals surface area contributed by atoms with Gasteiger partial charge in [-0.15, -0.1) is 0 Å². The molecule has 2 heterocycles. The van der Waals surface area contributed by atoms with E-state index in [1.807, 2.05) is 66.7 Å². The van der Waals surface area contributed by atoms with Crippen LogP contribution in [0, 0.1) is 15.9 Å². The summed E-state index contributed by atoms with van der Waals surface area (Å²) in [5.41, 5.74) is 4.46. The number of fused-ring (bicyclic) bond motifs is 2. The van der Waals surface area contributed by atoms with Crippen LogP contribution in [0.4, 0.5) is 14.9 Å². The van der Waals surface area contributed by atoms with E-state index in [4.69, 9.17) is 14.5 Å². The number of hydrogen-bond acceptors (Lipinski definition) is 7. The lowest BCUT2D eigenvalue weighted by Gasteiger charge is -2.23. The van der Waals surface area contributed by atoms with Crippen molar-refractivity contribution in [2.45, 2.75) is 25.7 Å². The van der Waals surface area contributed by atoms with E-state index < -0.39 is 17.1 Å². The molecule has 11 heteroatoms. The van der Waals surface area contributed by atoms with E-state index in [0.29, 0.717) is 33.3 Å². The summed E-state index contributed by atoms with van der Waals surface area (Å²) in [6.45, 7) is 0.393. The van der Waals surface area contributed by atoms with Crippen LogP contribution in [0.15, 0.2) is 128 Å². The van der Waals surface area contributed by atoms with Crippen LogP contribution in [0.3, 0.4) is 0 Å². The summed E-state index contributed by atoms with van der Waals surface area (Å²) in [6, 6.07) is 34.2. The molecule has 0 saturated carbocycles. The van der Waals surface area contributed by atoms with Crippen LogP contribution in [-0.4, -0.2) is 26.8 Å². The van der Waals surface area contributed by atoms with E-state index in [0.717, 1.165) is 16.7 Å². The fourth-order valence-electron chi connectivity index (χ4n) is 6.12. The number of carbonyl (C=O) groups is 2. The minimum absolute atomic E-state index is 0.0188. The van der Waals surface area contributed by atoms with Crippen LogP contribution in [-0.2, 0) is 19.6 Å². The fourth-order valence-corrected chi connectivity index (χ4v) is 6.12. The fraction of sp³-hybridized carbons (Fsp3) is 0.103. The molecule has 2 amide bonds. The molecule has 10 nitrogen and oxygen atoms in total. The number of rotatable bonds is 10. The molecule has 0 bridgehead atoms. The van der Waals surface area contributed by atoms with Gasteiger partial charge in [0, 0.05) is 43.4 Å². The Morgan fingerprint density at radius 2 is 1.56 bits per heavy atom. The molecule has 7 rings (SSSR count). The van der Waals surface area contributed by atoms with Gasteiger partial charge < -0.3 is 19.7 Å². The molecule has 0 aliphatic carbocycles. The predicted molar refractivity (Wildman–Crippen MR) is 183 cm³/mol. The summed E-state index contributed by atoms with van der Waals surface area (Å²) < 4.78 is 26.0. The normalized spacial score (nSPS) is 12.2. The van der Waals surface area contributed by atoms with Crippen molar-refractivity contribution in [1.29, 1.82) is 0 Å². The molecule has 1 aromatic heterocycles. The lowest BCUT2D eigenvalue weighted by Crippen LogP contribution is -2.27. The number of carbonyl (C=O) groups excluding carboxylic acids is 2. The van der Waals surface area contributed by atoms with E-state index >= 15 is 0 Å². The van der Waals surface area contributed by atoms with Crippen molar-refractivity contribution in [3.8, 4) is 11.5 Å². The van der Waals surface area contributed by atoms with Crippen molar-refractivity contribution >= 4 is 28.6 Å². The van der Waals surface area contributed by atoms with Crippen molar-refractivity contribution in [2.24, 2.45) is 0 Å². The maximum absolute atomic E-state index is 14.4. The molecule has 1 N–H and O–H groups in total. The Morgan fingerprint density at radius 1 is 0.900 bits per heavy atom. The van der Waals surface area contributed by atoms with Gasteiger partial charge in [-0.1, -0.05) is 78.9 Å². The molecule has 0 atom stereocenters. The number of ether oxygens (including phenoxy) is 2. The SMILES string of the molecule is O=C(NCc1c2c(c(OC(c3ccccc3)c3ccccc3)c3ncccc13)C(=O)N(Cc1ccc(F)cc1)C2)Oc1ccc([N+](=O)[O-])cc1. The highest BCUT2D eigenvalue weighted by Gasteiger charge is 2.37. The Kier molecular flexibility index (Phi) is 8.85. The number of hydrogen-bond donors (Lipinski definition) is 1. The zero-order valence-corrected chi connectivity index (χ0v) is 26.5. The van der Waals surface area contributed by atoms with Crippen LogP contribution in [0.1, 0.15) is 44.3 Å². The molecular weight excluding hydrogens is 639 g/mol. The molecule has 1 aliphatic heterocycles. The van der Waals surface area contributed by atoms with Crippen molar-refractivity contribution in [3.63, 3.8) is 0 Å². The maximum atomic E-state index is 14.4. The highest BCUT2D eigenvalue weighted by molar-refractivity contribution is 6.08. The van der Waals surface area contributed by atoms with Gasteiger partial charge in [-0.2, -0.15) is 0 Å². The average molecular weight is 669 g/mol. The molecule has 0 fully saturated rings. The number of aromatic nitrogens is 1. The maximum Gasteiger partial charge on any atom is 0.412 e. The van der Waals surface area contributed by atoms with E-state index in [2.05, 4.69) is 5.32 Å². The Balaban J connectivity index is 1.29. The van der Waals surface area contributed by atoms with Gasteiger partial charge >= 0.3 is 6.09 Å². The number of nitrogens with one attached hydrogen (secondary N) is 1. The molecule has 0 radical (unpaired) electrons. The third-order valence-electron chi connectivity index (χ3n) is 8.49. The van der Waals surface area contributed by atoms with Gasteiger partial charge in [-0.3, -0.25) is 19.9 Å². The summed E-state index contributed by atoms with van der Waals surface area (Å²) in [6.07, 6.45) is 0.259. The van der Waals surface area contributed by atoms with Crippen molar-refractivity contribution in [2.75, 3.05) is 0 Å². The van der Waals surface area contributed by atoms with Crippen LogP contribution in [0.25, 0.3) is 10.9 Å². The first kappa shape index (κ1) is 32.0. The predicted octanol–water partition coefficient (Wildman–Crippen LogP) is 7.90. The Labute approximate surface area is 285 Å². The molecule has 50 heavy (non-hydrogen) atoms. The second-order valence-electron chi connectivity index (χ2n) is 11.7. The Morgan fingerprint density at radius 3 is 2.20 bits per heavy atom. The van der Waals surface area contributed by atoms with Crippen molar-refractivity contribution in [1.82, 2.24) is 15.2 Å². The molecule has 0 spiro atoms. The van der Waals surface area contributed by atoms with Gasteiger partial charge in [0.1, 0.15) is 23.2 Å². The molecule has 6 aromatic rings. The van der Waals surface area contributed by atoms with Gasteiger partial charge in [-0.05, 0) is 58.1 Å². The highest BCUT2D eigenvalue weighted by Crippen LogP contribution is 2.43. The first-order valence-electron chi connectivity index (χ1n) is 15.8. The number of nitro groups is 1. The number of nitrogens with zero attached hydrogens (tertiary/aromatic N) is 3. The first-order valence-corrected chi connectivity index (χ1v) is 15.8.